The highest BCUT2D eigenvalue weighted by Crippen LogP contribution is 2.26. The van der Waals surface area contributed by atoms with E-state index in [0.717, 1.165) is 40.1 Å². The summed E-state index contributed by atoms with van der Waals surface area (Å²) in [6.45, 7) is 2.70. The highest BCUT2D eigenvalue weighted by atomic mass is 35.5. The van der Waals surface area contributed by atoms with Crippen LogP contribution in [-0.2, 0) is 16.0 Å². The Hall–Kier alpha value is -3.05. The average molecular weight is 422 g/mol. The van der Waals surface area contributed by atoms with Crippen molar-refractivity contribution in [3.63, 3.8) is 0 Å². The van der Waals surface area contributed by atoms with Gasteiger partial charge in [-0.1, -0.05) is 66.2 Å². The molecule has 5 nitrogen and oxygen atoms in total. The van der Waals surface area contributed by atoms with Gasteiger partial charge >= 0.3 is 0 Å². The van der Waals surface area contributed by atoms with Gasteiger partial charge in [-0.15, -0.1) is 0 Å². The summed E-state index contributed by atoms with van der Waals surface area (Å²) in [6.07, 6.45) is 0.259. The van der Waals surface area contributed by atoms with E-state index in [1.165, 1.54) is 0 Å². The SMILES string of the molecule is O=C(Cc1cccc2ccccc12)NCC(=O)N1CCN(c2ccccc2Cl)CC1. The van der Waals surface area contributed by atoms with Crippen LogP contribution in [0.25, 0.3) is 10.8 Å². The molecule has 0 saturated carbocycles. The number of para-hydroxylation sites is 1. The minimum atomic E-state index is -0.144. The van der Waals surface area contributed by atoms with Crippen molar-refractivity contribution in [2.75, 3.05) is 37.6 Å². The quantitative estimate of drug-likeness (QED) is 0.686. The molecule has 1 N–H and O–H groups in total. The second-order valence-electron chi connectivity index (χ2n) is 7.41. The monoisotopic (exact) mass is 421 g/mol. The zero-order valence-corrected chi connectivity index (χ0v) is 17.4. The van der Waals surface area contributed by atoms with Gasteiger partial charge in [0.15, 0.2) is 0 Å². The van der Waals surface area contributed by atoms with Crippen molar-refractivity contribution < 1.29 is 9.59 Å². The molecule has 0 aromatic heterocycles. The molecule has 1 fully saturated rings. The third-order valence-corrected chi connectivity index (χ3v) is 5.81. The Kier molecular flexibility index (Phi) is 6.19. The number of rotatable bonds is 5. The lowest BCUT2D eigenvalue weighted by Crippen LogP contribution is -2.51. The standard InChI is InChI=1S/C24H24ClN3O2/c25-21-10-3-4-11-22(21)27-12-14-28(15-13-27)24(30)17-26-23(29)16-19-8-5-7-18-6-1-2-9-20(18)19/h1-11H,12-17H2,(H,26,29). The molecule has 1 saturated heterocycles. The number of carbonyl (C=O) groups is 2. The molecule has 3 aromatic rings. The molecular formula is C24H24ClN3O2. The Morgan fingerprint density at radius 2 is 1.57 bits per heavy atom. The average Bonchev–Trinajstić information content (AvgIpc) is 2.78. The third kappa shape index (κ3) is 4.57. The Labute approximate surface area is 181 Å². The van der Waals surface area contributed by atoms with Crippen molar-refractivity contribution >= 4 is 39.9 Å². The van der Waals surface area contributed by atoms with Crippen LogP contribution in [0.4, 0.5) is 5.69 Å². The molecule has 30 heavy (non-hydrogen) atoms. The van der Waals surface area contributed by atoms with Crippen LogP contribution in [-0.4, -0.2) is 49.4 Å². The summed E-state index contributed by atoms with van der Waals surface area (Å²) >= 11 is 6.27. The number of piperazine rings is 1. The topological polar surface area (TPSA) is 52.7 Å². The summed E-state index contributed by atoms with van der Waals surface area (Å²) < 4.78 is 0. The highest BCUT2D eigenvalue weighted by molar-refractivity contribution is 6.33. The first-order chi connectivity index (χ1) is 14.6. The van der Waals surface area contributed by atoms with Gasteiger partial charge < -0.3 is 15.1 Å². The Morgan fingerprint density at radius 1 is 0.867 bits per heavy atom. The molecule has 0 bridgehead atoms. The second kappa shape index (κ2) is 9.18. The zero-order valence-electron chi connectivity index (χ0n) is 16.7. The van der Waals surface area contributed by atoms with Gasteiger partial charge in [-0.2, -0.15) is 0 Å². The molecule has 0 unspecified atom stereocenters. The zero-order chi connectivity index (χ0) is 20.9. The highest BCUT2D eigenvalue weighted by Gasteiger charge is 2.22. The summed E-state index contributed by atoms with van der Waals surface area (Å²) in [5.74, 6) is -0.200. The summed E-state index contributed by atoms with van der Waals surface area (Å²) in [5.41, 5.74) is 1.96. The normalized spacial score (nSPS) is 14.0. The molecule has 1 heterocycles. The van der Waals surface area contributed by atoms with E-state index in [1.807, 2.05) is 66.7 Å². The minimum Gasteiger partial charge on any atom is -0.367 e. The maximum absolute atomic E-state index is 12.5. The number of benzene rings is 3. The number of nitrogens with one attached hydrogen (secondary N) is 1. The lowest BCUT2D eigenvalue weighted by Gasteiger charge is -2.36. The van der Waals surface area contributed by atoms with E-state index in [-0.39, 0.29) is 24.8 Å². The first-order valence-corrected chi connectivity index (χ1v) is 10.5. The van der Waals surface area contributed by atoms with Crippen LogP contribution in [0.5, 0.6) is 0 Å². The van der Waals surface area contributed by atoms with Gasteiger partial charge in [0.1, 0.15) is 0 Å². The van der Waals surface area contributed by atoms with E-state index in [9.17, 15) is 9.59 Å². The largest absolute Gasteiger partial charge is 0.367 e. The first kappa shape index (κ1) is 20.2. The lowest BCUT2D eigenvalue weighted by atomic mass is 10.0. The first-order valence-electron chi connectivity index (χ1n) is 10.1. The summed E-state index contributed by atoms with van der Waals surface area (Å²) in [7, 11) is 0. The predicted molar refractivity (Wildman–Crippen MR) is 121 cm³/mol. The number of halogens is 1. The molecular weight excluding hydrogens is 398 g/mol. The van der Waals surface area contributed by atoms with Crippen LogP contribution in [0.3, 0.4) is 0 Å². The van der Waals surface area contributed by atoms with Crippen LogP contribution in [0, 0.1) is 0 Å². The van der Waals surface area contributed by atoms with Gasteiger partial charge in [0.2, 0.25) is 11.8 Å². The fourth-order valence-electron chi connectivity index (χ4n) is 3.87. The minimum absolute atomic E-state index is 0.0235. The van der Waals surface area contributed by atoms with Crippen LogP contribution in [0.15, 0.2) is 66.7 Å². The fraction of sp³-hybridized carbons (Fsp3) is 0.250. The Balaban J connectivity index is 1.28. The molecule has 3 aromatic carbocycles. The number of hydrogen-bond donors (Lipinski definition) is 1. The van der Waals surface area contributed by atoms with Crippen molar-refractivity contribution in [1.29, 1.82) is 0 Å². The fourth-order valence-corrected chi connectivity index (χ4v) is 4.13. The molecule has 0 atom stereocenters. The number of hydrogen-bond acceptors (Lipinski definition) is 3. The number of fused-ring (bicyclic) bond motifs is 1. The molecule has 4 rings (SSSR count). The molecule has 154 valence electrons. The molecule has 6 heteroatoms. The van der Waals surface area contributed by atoms with Gasteiger partial charge in [0.05, 0.1) is 23.7 Å². The second-order valence-corrected chi connectivity index (χ2v) is 7.82. The number of amides is 2. The van der Waals surface area contributed by atoms with E-state index >= 15 is 0 Å². The van der Waals surface area contributed by atoms with Gasteiger partial charge in [-0.3, -0.25) is 9.59 Å². The molecule has 1 aliphatic rings. The maximum atomic E-state index is 12.5. The predicted octanol–water partition coefficient (Wildman–Crippen LogP) is 3.50. The smallest absolute Gasteiger partial charge is 0.242 e. The third-order valence-electron chi connectivity index (χ3n) is 5.49. The van der Waals surface area contributed by atoms with Gasteiger partial charge in [-0.25, -0.2) is 0 Å². The number of nitrogens with zero attached hydrogens (tertiary/aromatic N) is 2. The molecule has 0 radical (unpaired) electrons. The van der Waals surface area contributed by atoms with Crippen molar-refractivity contribution in [2.24, 2.45) is 0 Å². The summed E-state index contributed by atoms with van der Waals surface area (Å²) in [5, 5.41) is 5.67. The van der Waals surface area contributed by atoms with Crippen LogP contribution < -0.4 is 10.2 Å². The summed E-state index contributed by atoms with van der Waals surface area (Å²) in [4.78, 5) is 28.9. The van der Waals surface area contributed by atoms with E-state index < -0.39 is 0 Å². The summed E-state index contributed by atoms with van der Waals surface area (Å²) in [6, 6.07) is 21.7. The van der Waals surface area contributed by atoms with Gasteiger partial charge in [-0.05, 0) is 28.5 Å². The number of carbonyl (C=O) groups excluding carboxylic acids is 2. The molecule has 0 aliphatic carbocycles. The van der Waals surface area contributed by atoms with E-state index in [0.29, 0.717) is 13.1 Å². The lowest BCUT2D eigenvalue weighted by molar-refractivity contribution is -0.133. The van der Waals surface area contributed by atoms with Crippen molar-refractivity contribution in [3.8, 4) is 0 Å². The Bertz CT molecular complexity index is 1060. The molecule has 2 amide bonds. The van der Waals surface area contributed by atoms with E-state index in [2.05, 4.69) is 10.2 Å². The van der Waals surface area contributed by atoms with Crippen LogP contribution in [0.1, 0.15) is 5.56 Å². The molecule has 1 aliphatic heterocycles. The number of anilines is 1. The van der Waals surface area contributed by atoms with Crippen molar-refractivity contribution in [2.45, 2.75) is 6.42 Å². The molecule has 0 spiro atoms. The van der Waals surface area contributed by atoms with Crippen molar-refractivity contribution in [3.05, 3.63) is 77.3 Å². The van der Waals surface area contributed by atoms with Gasteiger partial charge in [0, 0.05) is 26.2 Å². The van der Waals surface area contributed by atoms with E-state index in [4.69, 9.17) is 11.6 Å². The van der Waals surface area contributed by atoms with Crippen LogP contribution >= 0.6 is 11.6 Å². The maximum Gasteiger partial charge on any atom is 0.242 e. The van der Waals surface area contributed by atoms with Gasteiger partial charge in [0.25, 0.3) is 0 Å². The van der Waals surface area contributed by atoms with E-state index in [1.54, 1.807) is 4.90 Å². The van der Waals surface area contributed by atoms with Crippen molar-refractivity contribution in [1.82, 2.24) is 10.2 Å². The van der Waals surface area contributed by atoms with Crippen LogP contribution in [0.2, 0.25) is 5.02 Å². The Morgan fingerprint density at radius 3 is 2.37 bits per heavy atom.